The summed E-state index contributed by atoms with van der Waals surface area (Å²) < 4.78 is 2.83. The van der Waals surface area contributed by atoms with Crippen molar-refractivity contribution < 1.29 is 4.79 Å². The van der Waals surface area contributed by atoms with Gasteiger partial charge in [-0.25, -0.2) is 0 Å². The number of likely N-dealkylation sites (tertiary alicyclic amines) is 1. The van der Waals surface area contributed by atoms with Crippen LogP contribution < -0.4 is 16.4 Å². The van der Waals surface area contributed by atoms with E-state index >= 15 is 0 Å². The molecule has 0 unspecified atom stereocenters. The molecule has 1 aromatic carbocycles. The van der Waals surface area contributed by atoms with Crippen LogP contribution >= 0.6 is 0 Å². The molecule has 0 atom stereocenters. The molecule has 1 fully saturated rings. The molecule has 1 N–H and O–H groups in total. The van der Waals surface area contributed by atoms with Crippen LogP contribution in [0.15, 0.2) is 46.5 Å². The van der Waals surface area contributed by atoms with Crippen molar-refractivity contribution in [3.63, 3.8) is 0 Å². The van der Waals surface area contributed by atoms with Crippen molar-refractivity contribution in [1.29, 1.82) is 0 Å². The minimum atomic E-state index is -0.608. The van der Waals surface area contributed by atoms with Gasteiger partial charge in [0.05, 0.1) is 11.0 Å². The fraction of sp³-hybridized carbons (Fsp3) is 0.500. The lowest BCUT2D eigenvalue weighted by Gasteiger charge is -2.19. The van der Waals surface area contributed by atoms with E-state index < -0.39 is 11.1 Å². The predicted molar refractivity (Wildman–Crippen MR) is 115 cm³/mol. The first-order valence-electron chi connectivity index (χ1n) is 10.4. The molecule has 2 aromatic rings. The fourth-order valence-corrected chi connectivity index (χ4v) is 3.92. The summed E-state index contributed by atoms with van der Waals surface area (Å²) >= 11 is 0. The average Bonchev–Trinajstić information content (AvgIpc) is 3.00. The predicted octanol–water partition coefficient (Wildman–Crippen LogP) is 1.73. The summed E-state index contributed by atoms with van der Waals surface area (Å²) in [6.45, 7) is 7.76. The Balaban J connectivity index is 1.64. The van der Waals surface area contributed by atoms with Gasteiger partial charge in [0.15, 0.2) is 0 Å². The van der Waals surface area contributed by atoms with Crippen LogP contribution in [0.1, 0.15) is 32.1 Å². The molecule has 7 nitrogen and oxygen atoms in total. The smallest absolute Gasteiger partial charge is 0.317 e. The van der Waals surface area contributed by atoms with Crippen molar-refractivity contribution in [2.24, 2.45) is 0 Å². The van der Waals surface area contributed by atoms with Gasteiger partial charge in [-0.3, -0.25) is 19.0 Å². The first kappa shape index (κ1) is 21.0. The second-order valence-corrected chi connectivity index (χ2v) is 7.51. The van der Waals surface area contributed by atoms with E-state index in [0.29, 0.717) is 17.6 Å². The molecule has 7 heteroatoms. The lowest BCUT2D eigenvalue weighted by Crippen LogP contribution is -2.42. The van der Waals surface area contributed by atoms with Crippen molar-refractivity contribution >= 4 is 16.9 Å². The topological polar surface area (TPSA) is 76.3 Å². The number of para-hydroxylation sites is 2. The molecule has 0 saturated carbocycles. The normalized spacial score (nSPS) is 15.2. The van der Waals surface area contributed by atoms with Crippen molar-refractivity contribution in [3.8, 4) is 0 Å². The Hall–Kier alpha value is -2.67. The molecule has 1 amide bonds. The molecule has 156 valence electrons. The number of carbonyl (C=O) groups is 1. The first-order chi connectivity index (χ1) is 14.1. The number of rotatable bonds is 8. The summed E-state index contributed by atoms with van der Waals surface area (Å²) in [5.74, 6) is -0.105. The SMILES string of the molecule is C=CCn1c(=O)c(=O)n(CCC(=O)NCCN2CCCCCC2)c2ccccc21. The Labute approximate surface area is 170 Å². The maximum absolute atomic E-state index is 12.6. The number of nitrogens with one attached hydrogen (secondary N) is 1. The molecule has 0 bridgehead atoms. The van der Waals surface area contributed by atoms with Gasteiger partial charge in [0, 0.05) is 32.6 Å². The van der Waals surface area contributed by atoms with Gasteiger partial charge in [-0.2, -0.15) is 0 Å². The molecule has 0 aliphatic carbocycles. The highest BCUT2D eigenvalue weighted by Gasteiger charge is 2.14. The van der Waals surface area contributed by atoms with E-state index in [4.69, 9.17) is 0 Å². The second kappa shape index (κ2) is 10.2. The van der Waals surface area contributed by atoms with Crippen LogP contribution in [0.2, 0.25) is 0 Å². The van der Waals surface area contributed by atoms with Gasteiger partial charge in [0.2, 0.25) is 5.91 Å². The van der Waals surface area contributed by atoms with E-state index in [1.54, 1.807) is 18.2 Å². The number of amides is 1. The van der Waals surface area contributed by atoms with Crippen LogP contribution in [0.5, 0.6) is 0 Å². The van der Waals surface area contributed by atoms with E-state index in [2.05, 4.69) is 16.8 Å². The lowest BCUT2D eigenvalue weighted by molar-refractivity contribution is -0.121. The van der Waals surface area contributed by atoms with Gasteiger partial charge < -0.3 is 14.8 Å². The van der Waals surface area contributed by atoms with E-state index in [1.807, 2.05) is 12.1 Å². The average molecular weight is 399 g/mol. The van der Waals surface area contributed by atoms with Crippen LogP contribution in [-0.2, 0) is 17.9 Å². The summed E-state index contributed by atoms with van der Waals surface area (Å²) in [7, 11) is 0. The quantitative estimate of drug-likeness (QED) is 0.543. The highest BCUT2D eigenvalue weighted by molar-refractivity contribution is 5.77. The summed E-state index contributed by atoms with van der Waals surface area (Å²) in [5, 5.41) is 2.94. The Morgan fingerprint density at radius 1 is 0.966 bits per heavy atom. The molecule has 1 aliphatic heterocycles. The highest BCUT2D eigenvalue weighted by Crippen LogP contribution is 2.11. The first-order valence-corrected chi connectivity index (χ1v) is 10.4. The van der Waals surface area contributed by atoms with Crippen molar-refractivity contribution in [3.05, 3.63) is 57.6 Å². The number of aromatic nitrogens is 2. The van der Waals surface area contributed by atoms with Gasteiger partial charge in [-0.15, -0.1) is 6.58 Å². The fourth-order valence-electron chi connectivity index (χ4n) is 3.92. The molecular weight excluding hydrogens is 368 g/mol. The third kappa shape index (κ3) is 5.23. The Bertz CT molecular complexity index is 968. The molecule has 2 heterocycles. The molecule has 0 spiro atoms. The number of hydrogen-bond acceptors (Lipinski definition) is 4. The number of allylic oxidation sites excluding steroid dienone is 1. The van der Waals surface area contributed by atoms with Crippen LogP contribution in [0.4, 0.5) is 0 Å². The second-order valence-electron chi connectivity index (χ2n) is 7.51. The van der Waals surface area contributed by atoms with E-state index in [9.17, 15) is 14.4 Å². The summed E-state index contributed by atoms with van der Waals surface area (Å²) in [5.41, 5.74) is 0.114. The van der Waals surface area contributed by atoms with Crippen LogP contribution in [-0.4, -0.2) is 46.1 Å². The summed E-state index contributed by atoms with van der Waals surface area (Å²) in [6.07, 6.45) is 6.78. The number of benzene rings is 1. The maximum atomic E-state index is 12.6. The van der Waals surface area contributed by atoms with Crippen LogP contribution in [0.3, 0.4) is 0 Å². The molecule has 0 radical (unpaired) electrons. The van der Waals surface area contributed by atoms with E-state index in [-0.39, 0.29) is 25.4 Å². The number of nitrogens with zero attached hydrogens (tertiary/aromatic N) is 3. The van der Waals surface area contributed by atoms with Gasteiger partial charge >= 0.3 is 11.1 Å². The largest absolute Gasteiger partial charge is 0.355 e. The minimum absolute atomic E-state index is 0.105. The number of fused-ring (bicyclic) bond motifs is 1. The maximum Gasteiger partial charge on any atom is 0.317 e. The molecule has 29 heavy (non-hydrogen) atoms. The third-order valence-electron chi connectivity index (χ3n) is 5.46. The van der Waals surface area contributed by atoms with Crippen molar-refractivity contribution in [2.45, 2.75) is 45.2 Å². The zero-order valence-electron chi connectivity index (χ0n) is 16.9. The van der Waals surface area contributed by atoms with Gasteiger partial charge in [-0.05, 0) is 38.1 Å². The highest BCUT2D eigenvalue weighted by atomic mass is 16.2. The molecular formula is C22H30N4O3. The number of hydrogen-bond donors (Lipinski definition) is 1. The zero-order chi connectivity index (χ0) is 20.6. The molecule has 1 aliphatic rings. The molecule has 1 saturated heterocycles. The monoisotopic (exact) mass is 398 g/mol. The molecule has 1 aromatic heterocycles. The number of carbonyl (C=O) groups excluding carboxylic acids is 1. The van der Waals surface area contributed by atoms with Crippen LogP contribution in [0.25, 0.3) is 11.0 Å². The summed E-state index contributed by atoms with van der Waals surface area (Å²) in [4.78, 5) is 39.8. The minimum Gasteiger partial charge on any atom is -0.355 e. The van der Waals surface area contributed by atoms with Gasteiger partial charge in [0.1, 0.15) is 0 Å². The van der Waals surface area contributed by atoms with E-state index in [0.717, 1.165) is 19.6 Å². The number of aryl methyl sites for hydroxylation is 1. The van der Waals surface area contributed by atoms with Crippen molar-refractivity contribution in [2.75, 3.05) is 26.2 Å². The Kier molecular flexibility index (Phi) is 7.41. The van der Waals surface area contributed by atoms with Gasteiger partial charge in [0.25, 0.3) is 0 Å². The Morgan fingerprint density at radius 3 is 2.24 bits per heavy atom. The van der Waals surface area contributed by atoms with Crippen LogP contribution in [0, 0.1) is 0 Å². The standard InChI is InChI=1S/C22H30N4O3/c1-2-13-25-18-9-5-6-10-19(18)26(22(29)21(25)28)16-11-20(27)23-12-17-24-14-7-3-4-8-15-24/h2,5-6,9-10H,1,3-4,7-8,11-17H2,(H,23,27). The van der Waals surface area contributed by atoms with Gasteiger partial charge in [-0.1, -0.05) is 31.1 Å². The lowest BCUT2D eigenvalue weighted by atomic mass is 10.2. The molecule has 3 rings (SSSR count). The zero-order valence-corrected chi connectivity index (χ0v) is 16.9. The third-order valence-corrected chi connectivity index (χ3v) is 5.46. The summed E-state index contributed by atoms with van der Waals surface area (Å²) in [6, 6.07) is 7.25. The van der Waals surface area contributed by atoms with Crippen molar-refractivity contribution in [1.82, 2.24) is 19.4 Å². The van der Waals surface area contributed by atoms with E-state index in [1.165, 1.54) is 34.8 Å². The Morgan fingerprint density at radius 2 is 1.59 bits per heavy atom.